The average Bonchev–Trinajstić information content (AvgIpc) is 0.985. The molecule has 0 bridgehead atoms. The second kappa shape index (κ2) is 50.0. The molecule has 1 heterocycles. The first-order valence-corrected chi connectivity index (χ1v) is 36.9. The monoisotopic (exact) mass is 1630 g/mol. The number of benzene rings is 1. The van der Waals surface area contributed by atoms with Gasteiger partial charge in [-0.1, -0.05) is 30.3 Å². The number of hydrogen-bond acceptors (Lipinski definition) is 25. The first-order chi connectivity index (χ1) is 53.5. The first kappa shape index (κ1) is 97.9. The van der Waals surface area contributed by atoms with Gasteiger partial charge in [0.2, 0.25) is 88.6 Å². The van der Waals surface area contributed by atoms with Gasteiger partial charge < -0.3 is 133 Å². The number of nitrogens with one attached hydrogen (secondary N) is 17. The molecular formula is C67H103N21O25S. The highest BCUT2D eigenvalue weighted by molar-refractivity contribution is 7.98. The number of carbonyl (C=O) groups excluding carboxylic acids is 15. The molecule has 16 atom stereocenters. The summed E-state index contributed by atoms with van der Waals surface area (Å²) in [5, 5.41) is 100. The summed E-state index contributed by atoms with van der Waals surface area (Å²) in [6.45, 7) is 5.92. The van der Waals surface area contributed by atoms with Crippen LogP contribution in [0.15, 0.2) is 42.9 Å². The number of amides is 15. The number of carboxylic acid groups (broad SMARTS) is 4. The molecule has 2 aromatic rings. The van der Waals surface area contributed by atoms with Crippen LogP contribution in [0.5, 0.6) is 0 Å². The molecule has 0 spiro atoms. The summed E-state index contributed by atoms with van der Waals surface area (Å²) in [5.41, 5.74) is 17.1. The van der Waals surface area contributed by atoms with Crippen molar-refractivity contribution in [3.63, 3.8) is 0 Å². The van der Waals surface area contributed by atoms with Crippen LogP contribution in [-0.2, 0) is 104 Å². The number of guanidine groups is 1. The molecule has 0 radical (unpaired) electrons. The second-order valence-electron chi connectivity index (χ2n) is 26.2. The predicted molar refractivity (Wildman–Crippen MR) is 399 cm³/mol. The van der Waals surface area contributed by atoms with Crippen LogP contribution in [-0.4, -0.2) is 281 Å². The van der Waals surface area contributed by atoms with Crippen LogP contribution in [0, 0.1) is 5.41 Å². The number of aliphatic hydroxyl groups excluding tert-OH is 2. The number of carboxylic acids is 4. The van der Waals surface area contributed by atoms with Gasteiger partial charge in [0.15, 0.2) is 5.96 Å². The molecule has 1 aromatic heterocycles. The van der Waals surface area contributed by atoms with Crippen molar-refractivity contribution < 1.29 is 122 Å². The van der Waals surface area contributed by atoms with Crippen LogP contribution < -0.4 is 97.0 Å². The second-order valence-corrected chi connectivity index (χ2v) is 27.2. The van der Waals surface area contributed by atoms with E-state index in [9.17, 15) is 117 Å². The lowest BCUT2D eigenvalue weighted by atomic mass is 10.0. The number of rotatable bonds is 53. The fourth-order valence-corrected chi connectivity index (χ4v) is 10.6. The van der Waals surface area contributed by atoms with Crippen LogP contribution >= 0.6 is 11.8 Å². The molecule has 0 aliphatic carbocycles. The molecule has 2 rings (SSSR count). The lowest BCUT2D eigenvalue weighted by molar-refractivity contribution is -0.144. The van der Waals surface area contributed by atoms with E-state index in [1.807, 2.05) is 5.32 Å². The van der Waals surface area contributed by atoms with E-state index in [-0.39, 0.29) is 43.7 Å². The van der Waals surface area contributed by atoms with Crippen LogP contribution in [0.2, 0.25) is 0 Å². The molecule has 0 saturated carbocycles. The number of aromatic amines is 1. The van der Waals surface area contributed by atoms with Crippen molar-refractivity contribution in [2.75, 3.05) is 25.2 Å². The average molecular weight is 1630 g/mol. The number of aliphatic carboxylic acids is 4. The van der Waals surface area contributed by atoms with E-state index >= 15 is 0 Å². The van der Waals surface area contributed by atoms with Crippen LogP contribution in [0.4, 0.5) is 0 Å². The maximum Gasteiger partial charge on any atom is 0.328 e. The third-order valence-corrected chi connectivity index (χ3v) is 17.2. The van der Waals surface area contributed by atoms with E-state index in [1.54, 1.807) is 36.6 Å². The Morgan fingerprint density at radius 2 is 0.833 bits per heavy atom. The number of hydrogen-bond donors (Lipinski definition) is 26. The van der Waals surface area contributed by atoms with Gasteiger partial charge in [0.1, 0.15) is 84.6 Å². The number of aliphatic hydroxyl groups is 2. The largest absolute Gasteiger partial charge is 0.481 e. The van der Waals surface area contributed by atoms with Gasteiger partial charge in [-0.2, -0.15) is 11.8 Å². The predicted octanol–water partition coefficient (Wildman–Crippen LogP) is -9.65. The summed E-state index contributed by atoms with van der Waals surface area (Å²) in [6, 6.07) is -16.7. The summed E-state index contributed by atoms with van der Waals surface area (Å²) in [5.74, 6) is -22.8. The van der Waals surface area contributed by atoms with Crippen molar-refractivity contribution in [2.45, 2.75) is 215 Å². The summed E-state index contributed by atoms with van der Waals surface area (Å²) in [4.78, 5) is 258. The molecule has 1 aromatic carbocycles. The molecule has 632 valence electrons. The number of thioether (sulfide) groups is 1. The molecule has 29 N–H and O–H groups in total. The van der Waals surface area contributed by atoms with E-state index in [0.717, 1.165) is 6.92 Å². The molecule has 16 unspecified atom stereocenters. The molecule has 46 nitrogen and oxygen atoms in total. The van der Waals surface area contributed by atoms with E-state index in [4.69, 9.17) is 27.7 Å². The topological polar surface area (TPSA) is 757 Å². The van der Waals surface area contributed by atoms with Gasteiger partial charge in [0.25, 0.3) is 0 Å². The Balaban J connectivity index is 2.45. The first-order valence-electron chi connectivity index (χ1n) is 35.5. The Morgan fingerprint density at radius 1 is 0.456 bits per heavy atom. The summed E-state index contributed by atoms with van der Waals surface area (Å²) < 4.78 is 0. The lowest BCUT2D eigenvalue weighted by Gasteiger charge is -2.28. The fourth-order valence-electron chi connectivity index (χ4n) is 10.1. The normalized spacial score (nSPS) is 15.1. The molecule has 15 amide bonds. The lowest BCUT2D eigenvalue weighted by Crippen LogP contribution is -2.61. The zero-order chi connectivity index (χ0) is 86.2. The minimum absolute atomic E-state index is 0.0963. The van der Waals surface area contributed by atoms with E-state index in [2.05, 4.69) is 84.4 Å². The third kappa shape index (κ3) is 36.8. The van der Waals surface area contributed by atoms with E-state index in [1.165, 1.54) is 58.9 Å². The maximum absolute atomic E-state index is 14.6. The molecular weight excluding hydrogens is 1530 g/mol. The van der Waals surface area contributed by atoms with Gasteiger partial charge in [0.05, 0.1) is 37.2 Å². The number of H-pyrrole nitrogens is 1. The van der Waals surface area contributed by atoms with Crippen molar-refractivity contribution >= 4 is 130 Å². The van der Waals surface area contributed by atoms with Gasteiger partial charge in [-0.3, -0.25) is 91.7 Å². The quantitative estimate of drug-likeness (QED) is 0.0166. The van der Waals surface area contributed by atoms with E-state index in [0.29, 0.717) is 5.56 Å². The van der Waals surface area contributed by atoms with Crippen LogP contribution in [0.3, 0.4) is 0 Å². The standard InChI is InChI=1S/C67H103N21O25S/c1-30(68)52(98)79-41(17-20-49(94)95)61(107)88-51(35(6)90)65(111)78-33(4)55(101)76-31(2)53(99)75-32(3)54(100)77-34(5)56(102)84-43(24-36-12-9-8-10-13-36)62(108)82-40(16-19-48(92)93)58(104)80-38(14-11-22-73-67(70)71)57(103)81-39(15-18-47(69)91)59(105)85-44(25-37-27-72-29-74-37)63(109)83-42(21-23-114-7)60(106)86-45(26-50(96)97)64(110)87-46(28-89)66(112)113/h8-10,12-13,27,29-35,38-46,51,89-90H,11,14-26,28,68H2,1-7H3,(H2,69,91)(H,72,74)(H,75,99)(H,76,101)(H,77,100)(H,78,111)(H,79,98)(H,80,104)(H,81,103)(H,82,108)(H,83,109)(H,84,102)(H,85,105)(H,86,106)(H,87,110)(H,88,107)(H,92,93)(H,94,95)(H,96,97)(H,112,113)(H4,70,71,73). The Morgan fingerprint density at radius 3 is 1.24 bits per heavy atom. The minimum Gasteiger partial charge on any atom is -0.481 e. The zero-order valence-corrected chi connectivity index (χ0v) is 64.2. The number of imidazole rings is 1. The number of nitrogens with two attached hydrogens (primary N) is 3. The maximum atomic E-state index is 14.6. The van der Waals surface area contributed by atoms with Crippen LogP contribution in [0.25, 0.3) is 0 Å². The van der Waals surface area contributed by atoms with Gasteiger partial charge in [0, 0.05) is 44.8 Å². The third-order valence-electron chi connectivity index (χ3n) is 16.5. The summed E-state index contributed by atoms with van der Waals surface area (Å²) in [6.07, 6.45) is -3.75. The summed E-state index contributed by atoms with van der Waals surface area (Å²) >= 11 is 1.19. The molecule has 0 aliphatic heterocycles. The highest BCUT2D eigenvalue weighted by Crippen LogP contribution is 2.13. The number of primary amides is 1. The van der Waals surface area contributed by atoms with Crippen molar-refractivity contribution in [1.29, 1.82) is 5.41 Å². The molecule has 0 saturated heterocycles. The fraction of sp³-hybridized carbons (Fsp3) is 0.567. The van der Waals surface area contributed by atoms with E-state index < -0.39 is 273 Å². The zero-order valence-electron chi connectivity index (χ0n) is 63.4. The molecule has 0 aliphatic rings. The molecule has 47 heteroatoms. The Bertz CT molecular complexity index is 3710. The van der Waals surface area contributed by atoms with Crippen LogP contribution in [0.1, 0.15) is 117 Å². The van der Waals surface area contributed by atoms with Gasteiger partial charge in [-0.25, -0.2) is 9.78 Å². The highest BCUT2D eigenvalue weighted by atomic mass is 32.2. The molecule has 114 heavy (non-hydrogen) atoms. The number of carbonyl (C=O) groups is 19. The van der Waals surface area contributed by atoms with Crippen molar-refractivity contribution in [1.82, 2.24) is 89.7 Å². The van der Waals surface area contributed by atoms with Gasteiger partial charge >= 0.3 is 23.9 Å². The summed E-state index contributed by atoms with van der Waals surface area (Å²) in [7, 11) is 0. The Kier molecular flexibility index (Phi) is 42.9. The SMILES string of the molecule is CSCCC(NC(=O)C(Cc1c[nH]cn1)NC(=O)C(CCC(N)=O)NC(=O)C(CCCNC(=N)N)NC(=O)C(CCC(=O)O)NC(=O)C(Cc1ccccc1)NC(=O)C(C)NC(=O)C(C)NC(=O)C(C)NC(=O)C(C)NC(=O)C(NC(=O)C(CCC(=O)O)NC(=O)C(C)N)C(C)O)C(=O)NC(CC(=O)O)C(=O)NC(CO)C(=O)O. The van der Waals surface area contributed by atoms with Crippen molar-refractivity contribution in [3.8, 4) is 0 Å². The Labute approximate surface area is 656 Å². The van der Waals surface area contributed by atoms with Gasteiger partial charge in [-0.15, -0.1) is 0 Å². The Hall–Kier alpha value is -12.1. The highest BCUT2D eigenvalue weighted by Gasteiger charge is 2.38. The van der Waals surface area contributed by atoms with Gasteiger partial charge in [-0.05, 0) is 97.6 Å². The molecule has 0 fully saturated rings. The van der Waals surface area contributed by atoms with Crippen molar-refractivity contribution in [3.05, 3.63) is 54.1 Å². The number of aromatic nitrogens is 2. The smallest absolute Gasteiger partial charge is 0.328 e. The minimum atomic E-state index is -1.96. The van der Waals surface area contributed by atoms with Crippen molar-refractivity contribution in [2.24, 2.45) is 17.2 Å². The number of nitrogens with zero attached hydrogens (tertiary/aromatic N) is 1.